The summed E-state index contributed by atoms with van der Waals surface area (Å²) in [6.07, 6.45) is 12.0. The van der Waals surface area contributed by atoms with Crippen LogP contribution in [0.15, 0.2) is 53.5 Å². The molecule has 1 atom stereocenters. The first-order valence-electron chi connectivity index (χ1n) is 17.3. The molecular weight excluding hydrogens is 548 g/mol. The fraction of sp³-hybridized carbons (Fsp3) is 0.583. The van der Waals surface area contributed by atoms with E-state index in [1.165, 1.54) is 70.1 Å². The van der Waals surface area contributed by atoms with Gasteiger partial charge in [0.15, 0.2) is 0 Å². The Hall–Kier alpha value is -3.23. The molecule has 1 aliphatic carbocycles. The molecule has 3 N–H and O–H groups in total. The Balaban J connectivity index is 1.16. The summed E-state index contributed by atoms with van der Waals surface area (Å²) >= 11 is 0. The van der Waals surface area contributed by atoms with Gasteiger partial charge in [-0.15, -0.1) is 0 Å². The molecule has 2 saturated heterocycles. The summed E-state index contributed by atoms with van der Waals surface area (Å²) < 4.78 is 1.11. The molecule has 8 nitrogen and oxygen atoms in total. The Morgan fingerprint density at radius 1 is 0.932 bits per heavy atom. The Morgan fingerprint density at radius 2 is 1.64 bits per heavy atom. The third-order valence-electron chi connectivity index (χ3n) is 10.5. The van der Waals surface area contributed by atoms with Gasteiger partial charge in [-0.2, -0.15) is 0 Å². The molecule has 0 radical (unpaired) electrons. The Bertz CT molecular complexity index is 1310. The molecule has 1 unspecified atom stereocenters. The lowest BCUT2D eigenvalue weighted by Gasteiger charge is -2.48. The van der Waals surface area contributed by atoms with E-state index in [9.17, 15) is 9.59 Å². The summed E-state index contributed by atoms with van der Waals surface area (Å²) in [5.41, 5.74) is 5.38. The number of anilines is 1. The number of aliphatic imine (C=N–C) groups is 1. The summed E-state index contributed by atoms with van der Waals surface area (Å²) in [7, 11) is 0. The molecule has 3 heterocycles. The van der Waals surface area contributed by atoms with Crippen LogP contribution in [0.2, 0.25) is 0 Å². The fourth-order valence-corrected chi connectivity index (χ4v) is 8.19. The number of piperidine rings is 2. The summed E-state index contributed by atoms with van der Waals surface area (Å²) in [6, 6.07) is 17.4. The number of quaternary nitrogens is 1. The number of urea groups is 1. The molecule has 3 fully saturated rings. The topological polar surface area (TPSA) is 85.8 Å². The number of amides is 3. The lowest BCUT2D eigenvalue weighted by molar-refractivity contribution is -0.120. The number of likely N-dealkylation sites (tertiary alicyclic amines) is 1. The zero-order chi connectivity index (χ0) is 30.4. The molecule has 4 aliphatic rings. The summed E-state index contributed by atoms with van der Waals surface area (Å²) in [6.45, 7) is 7.74. The highest BCUT2D eigenvalue weighted by molar-refractivity contribution is 6.14. The highest BCUT2D eigenvalue weighted by Crippen LogP contribution is 2.36. The van der Waals surface area contributed by atoms with Crippen LogP contribution in [0.3, 0.4) is 0 Å². The Labute approximate surface area is 263 Å². The van der Waals surface area contributed by atoms with Crippen molar-refractivity contribution in [3.63, 3.8) is 0 Å². The molecule has 2 aromatic carbocycles. The number of benzodiazepines with no additional fused rings is 1. The number of rotatable bonds is 8. The van der Waals surface area contributed by atoms with Crippen LogP contribution in [0.1, 0.15) is 88.7 Å². The van der Waals surface area contributed by atoms with Crippen molar-refractivity contribution in [1.29, 1.82) is 0 Å². The number of carbonyl (C=O) groups is 2. The van der Waals surface area contributed by atoms with Gasteiger partial charge < -0.3 is 20.9 Å². The number of hydrogen-bond donors (Lipinski definition) is 3. The average Bonchev–Trinajstić information content (AvgIpc) is 3.19. The number of para-hydroxylation sites is 1. The summed E-state index contributed by atoms with van der Waals surface area (Å²) in [5.74, 6) is 0.138. The normalized spacial score (nSPS) is 22.9. The van der Waals surface area contributed by atoms with Crippen LogP contribution in [0, 0.1) is 5.92 Å². The van der Waals surface area contributed by atoms with Gasteiger partial charge >= 0.3 is 6.03 Å². The van der Waals surface area contributed by atoms with Crippen molar-refractivity contribution in [3.8, 4) is 0 Å². The number of hydrogen-bond acceptors (Lipinski definition) is 4. The van der Waals surface area contributed by atoms with Gasteiger partial charge in [0.05, 0.1) is 30.5 Å². The molecule has 236 valence electrons. The van der Waals surface area contributed by atoms with Crippen molar-refractivity contribution in [1.82, 2.24) is 20.4 Å². The zero-order valence-electron chi connectivity index (χ0n) is 26.5. The van der Waals surface area contributed by atoms with E-state index in [0.29, 0.717) is 25.0 Å². The van der Waals surface area contributed by atoms with Crippen molar-refractivity contribution in [2.75, 3.05) is 37.6 Å². The van der Waals surface area contributed by atoms with E-state index < -0.39 is 6.17 Å². The number of nitrogens with zero attached hydrogens (tertiary/aromatic N) is 3. The van der Waals surface area contributed by atoms with Crippen LogP contribution < -0.4 is 25.3 Å². The standard InChI is InChI=1S/C36H50N6O2/c1-2-23-41-32-14-8-7-13-31(32)33(28-11-5-3-6-12-28)39-34(35(41)43)40-36(44)38-26-27-15-17-29(18-16-27)42(24-9-4-10-25-42)30-19-21-37-22-20-30/h7-8,13-18,28,30,34,37H,2-6,9-12,19-26H2,1H3,(H-,38,40,44)/p+1. The van der Waals surface area contributed by atoms with E-state index in [2.05, 4.69) is 53.2 Å². The van der Waals surface area contributed by atoms with Crippen LogP contribution in [0.5, 0.6) is 0 Å². The lowest BCUT2D eigenvalue weighted by Crippen LogP contribution is -2.62. The number of fused-ring (bicyclic) bond motifs is 1. The highest BCUT2D eigenvalue weighted by atomic mass is 16.2. The molecular formula is C36H51N6O2+. The van der Waals surface area contributed by atoms with Gasteiger partial charge in [0, 0.05) is 50.5 Å². The fourth-order valence-electron chi connectivity index (χ4n) is 8.19. The van der Waals surface area contributed by atoms with Gasteiger partial charge in [-0.05, 0) is 62.3 Å². The maximum atomic E-state index is 13.9. The minimum Gasteiger partial charge on any atom is -0.334 e. The van der Waals surface area contributed by atoms with Crippen molar-refractivity contribution in [2.24, 2.45) is 10.9 Å². The predicted octanol–water partition coefficient (Wildman–Crippen LogP) is 5.88. The van der Waals surface area contributed by atoms with E-state index >= 15 is 0 Å². The van der Waals surface area contributed by atoms with Crippen molar-refractivity contribution in [2.45, 2.75) is 96.3 Å². The molecule has 0 spiro atoms. The van der Waals surface area contributed by atoms with Crippen molar-refractivity contribution < 1.29 is 9.59 Å². The van der Waals surface area contributed by atoms with E-state index in [0.717, 1.165) is 59.4 Å². The predicted molar refractivity (Wildman–Crippen MR) is 179 cm³/mol. The van der Waals surface area contributed by atoms with E-state index in [-0.39, 0.29) is 11.9 Å². The van der Waals surface area contributed by atoms with Crippen molar-refractivity contribution in [3.05, 3.63) is 59.7 Å². The second kappa shape index (κ2) is 14.2. The van der Waals surface area contributed by atoms with E-state index in [1.54, 1.807) is 0 Å². The van der Waals surface area contributed by atoms with Crippen LogP contribution >= 0.6 is 0 Å². The van der Waals surface area contributed by atoms with Crippen molar-refractivity contribution >= 4 is 29.0 Å². The second-order valence-electron chi connectivity index (χ2n) is 13.3. The smallest absolute Gasteiger partial charge is 0.317 e. The highest BCUT2D eigenvalue weighted by Gasteiger charge is 2.41. The minimum atomic E-state index is -0.943. The summed E-state index contributed by atoms with van der Waals surface area (Å²) in [5, 5.41) is 9.50. The third kappa shape index (κ3) is 6.57. The summed E-state index contributed by atoms with van der Waals surface area (Å²) in [4.78, 5) is 33.9. The number of benzene rings is 2. The monoisotopic (exact) mass is 599 g/mol. The van der Waals surface area contributed by atoms with Gasteiger partial charge in [-0.3, -0.25) is 14.3 Å². The second-order valence-corrected chi connectivity index (χ2v) is 13.3. The molecule has 3 amide bonds. The minimum absolute atomic E-state index is 0.168. The van der Waals surface area contributed by atoms with Gasteiger partial charge in [0.25, 0.3) is 5.91 Å². The van der Waals surface area contributed by atoms with Gasteiger partial charge in [0.2, 0.25) is 6.17 Å². The first kappa shape index (κ1) is 30.8. The molecule has 6 rings (SSSR count). The molecule has 0 bridgehead atoms. The van der Waals surface area contributed by atoms with Crippen LogP contribution in [-0.2, 0) is 11.3 Å². The van der Waals surface area contributed by atoms with Crippen LogP contribution in [-0.4, -0.2) is 62.6 Å². The van der Waals surface area contributed by atoms with Crippen LogP contribution in [0.4, 0.5) is 16.2 Å². The Kier molecular flexibility index (Phi) is 9.97. The first-order chi connectivity index (χ1) is 21.6. The van der Waals surface area contributed by atoms with Gasteiger partial charge in [-0.1, -0.05) is 56.5 Å². The largest absolute Gasteiger partial charge is 0.334 e. The van der Waals surface area contributed by atoms with Gasteiger partial charge in [0.1, 0.15) is 5.69 Å². The molecule has 0 aromatic heterocycles. The number of carbonyl (C=O) groups excluding carboxylic acids is 2. The first-order valence-corrected chi connectivity index (χ1v) is 17.3. The lowest BCUT2D eigenvalue weighted by atomic mass is 9.83. The maximum Gasteiger partial charge on any atom is 0.317 e. The van der Waals surface area contributed by atoms with E-state index in [1.807, 2.05) is 23.1 Å². The molecule has 1 saturated carbocycles. The SMILES string of the molecule is CCCN1C(=O)C(NC(=O)NCc2ccc([N+]3(C4CCNCC4)CCCCC3)cc2)N=C(C2CCCCC2)c2ccccc21. The zero-order valence-corrected chi connectivity index (χ0v) is 26.5. The Morgan fingerprint density at radius 3 is 2.36 bits per heavy atom. The molecule has 44 heavy (non-hydrogen) atoms. The number of nitrogens with one attached hydrogen (secondary N) is 3. The van der Waals surface area contributed by atoms with Crippen LogP contribution in [0.25, 0.3) is 0 Å². The quantitative estimate of drug-likeness (QED) is 0.331. The maximum absolute atomic E-state index is 13.9. The molecule has 2 aromatic rings. The van der Waals surface area contributed by atoms with E-state index in [4.69, 9.17) is 4.99 Å². The molecule has 3 aliphatic heterocycles. The average molecular weight is 600 g/mol. The van der Waals surface area contributed by atoms with Gasteiger partial charge in [-0.25, -0.2) is 4.79 Å². The third-order valence-corrected chi connectivity index (χ3v) is 10.5. The molecule has 8 heteroatoms.